The highest BCUT2D eigenvalue weighted by Crippen LogP contribution is 2.42. The Labute approximate surface area is 158 Å². The van der Waals surface area contributed by atoms with Crippen LogP contribution in [-0.2, 0) is 9.59 Å². The predicted molar refractivity (Wildman–Crippen MR) is 90.5 cm³/mol. The number of halogens is 2. The van der Waals surface area contributed by atoms with Crippen molar-refractivity contribution in [1.29, 1.82) is 0 Å². The van der Waals surface area contributed by atoms with Crippen LogP contribution < -0.4 is 25.5 Å². The van der Waals surface area contributed by atoms with Gasteiger partial charge in [0, 0.05) is 11.8 Å². The first-order valence-corrected chi connectivity index (χ1v) is 8.88. The Morgan fingerprint density at radius 2 is 1.86 bits per heavy atom. The summed E-state index contributed by atoms with van der Waals surface area (Å²) in [6.07, 6.45) is 0.0324. The average molecular weight is 396 g/mol. The molecule has 1 aliphatic carbocycles. The van der Waals surface area contributed by atoms with E-state index in [1.165, 1.54) is 18.2 Å². The maximum absolute atomic E-state index is 13.0. The molecule has 0 unspecified atom stereocenters. The van der Waals surface area contributed by atoms with Gasteiger partial charge in [0.15, 0.2) is 11.5 Å². The van der Waals surface area contributed by atoms with E-state index in [4.69, 9.17) is 0 Å². The molecule has 3 aliphatic rings. The highest BCUT2D eigenvalue weighted by Gasteiger charge is 2.52. The maximum Gasteiger partial charge on any atom is 0.586 e. The van der Waals surface area contributed by atoms with E-state index < -0.39 is 29.7 Å². The van der Waals surface area contributed by atoms with Gasteiger partial charge in [-0.2, -0.15) is 5.01 Å². The molecule has 1 saturated heterocycles. The van der Waals surface area contributed by atoms with Gasteiger partial charge in [-0.1, -0.05) is 19.3 Å². The minimum atomic E-state index is -3.73. The molecule has 1 aromatic carbocycles. The van der Waals surface area contributed by atoms with Gasteiger partial charge in [0.1, 0.15) is 5.54 Å². The largest absolute Gasteiger partial charge is 0.586 e. The van der Waals surface area contributed by atoms with Crippen LogP contribution in [0.3, 0.4) is 0 Å². The molecule has 2 heterocycles. The standard InChI is InChI=1S/C17H18F2N4O5/c18-17(19)27-11-5-4-10(8-12(11)28-17)20-9-13(24)22-23-14(25)16(21-15(23)26)6-2-1-3-7-16/h4-5,8,20H,1-3,6-7,9H2,(H,21,26)(H,22,24). The van der Waals surface area contributed by atoms with Gasteiger partial charge in [-0.25, -0.2) is 4.79 Å². The Balaban J connectivity index is 1.34. The Kier molecular flexibility index (Phi) is 4.24. The van der Waals surface area contributed by atoms with Crippen LogP contribution in [0.5, 0.6) is 11.5 Å². The average Bonchev–Trinajstić information content (AvgIpc) is 3.07. The van der Waals surface area contributed by atoms with Gasteiger partial charge in [0.05, 0.1) is 6.54 Å². The summed E-state index contributed by atoms with van der Waals surface area (Å²) >= 11 is 0. The Morgan fingerprint density at radius 3 is 2.61 bits per heavy atom. The van der Waals surface area contributed by atoms with Crippen molar-refractivity contribution in [2.45, 2.75) is 43.9 Å². The van der Waals surface area contributed by atoms with Crippen molar-refractivity contribution in [1.82, 2.24) is 15.8 Å². The molecule has 0 atom stereocenters. The van der Waals surface area contributed by atoms with Crippen LogP contribution in [-0.4, -0.2) is 41.2 Å². The molecule has 1 aromatic rings. The second kappa shape index (κ2) is 6.50. The number of hydrazine groups is 1. The Morgan fingerprint density at radius 1 is 1.14 bits per heavy atom. The summed E-state index contributed by atoms with van der Waals surface area (Å²) in [5.41, 5.74) is 1.68. The fourth-order valence-corrected chi connectivity index (χ4v) is 3.62. The molecule has 1 spiro atoms. The van der Waals surface area contributed by atoms with Gasteiger partial charge in [-0.15, -0.1) is 8.78 Å². The number of carbonyl (C=O) groups is 3. The highest BCUT2D eigenvalue weighted by molar-refractivity contribution is 6.08. The molecule has 11 heteroatoms. The number of imide groups is 1. The monoisotopic (exact) mass is 396 g/mol. The Hall–Kier alpha value is -3.11. The molecule has 28 heavy (non-hydrogen) atoms. The number of benzene rings is 1. The summed E-state index contributed by atoms with van der Waals surface area (Å²) in [5.74, 6) is -1.38. The summed E-state index contributed by atoms with van der Waals surface area (Å²) in [4.78, 5) is 36.9. The van der Waals surface area contributed by atoms with E-state index in [2.05, 4.69) is 25.5 Å². The fraction of sp³-hybridized carbons (Fsp3) is 0.471. The zero-order valence-electron chi connectivity index (χ0n) is 14.7. The van der Waals surface area contributed by atoms with Crippen molar-refractivity contribution in [3.8, 4) is 11.5 Å². The lowest BCUT2D eigenvalue weighted by atomic mass is 9.82. The molecule has 2 fully saturated rings. The van der Waals surface area contributed by atoms with Gasteiger partial charge in [-0.3, -0.25) is 15.0 Å². The molecule has 150 valence electrons. The number of nitrogens with zero attached hydrogens (tertiary/aromatic N) is 1. The number of alkyl halides is 2. The number of hydrogen-bond acceptors (Lipinski definition) is 6. The zero-order valence-corrected chi connectivity index (χ0v) is 14.7. The molecular formula is C17H18F2N4O5. The van der Waals surface area contributed by atoms with E-state index in [-0.39, 0.29) is 18.0 Å². The molecule has 0 radical (unpaired) electrons. The van der Waals surface area contributed by atoms with E-state index in [1.54, 1.807) is 0 Å². The molecule has 4 amide bonds. The van der Waals surface area contributed by atoms with Gasteiger partial charge >= 0.3 is 12.3 Å². The maximum atomic E-state index is 13.0. The van der Waals surface area contributed by atoms with E-state index in [1.807, 2.05) is 0 Å². The van der Waals surface area contributed by atoms with Gasteiger partial charge in [0.25, 0.3) is 11.8 Å². The number of ether oxygens (including phenoxy) is 2. The van der Waals surface area contributed by atoms with E-state index in [9.17, 15) is 23.2 Å². The third-order valence-corrected chi connectivity index (χ3v) is 4.96. The number of rotatable bonds is 4. The summed E-state index contributed by atoms with van der Waals surface area (Å²) in [6.45, 7) is -0.292. The van der Waals surface area contributed by atoms with Crippen LogP contribution >= 0.6 is 0 Å². The second-order valence-electron chi connectivity index (χ2n) is 6.93. The SMILES string of the molecule is O=C(CNc1ccc2c(c1)OC(F)(F)O2)NN1C(=O)NC2(CCCCC2)C1=O. The second-order valence-corrected chi connectivity index (χ2v) is 6.93. The van der Waals surface area contributed by atoms with E-state index >= 15 is 0 Å². The lowest BCUT2D eigenvalue weighted by Crippen LogP contribution is -2.51. The summed E-state index contributed by atoms with van der Waals surface area (Å²) in [5, 5.41) is 6.10. The quantitative estimate of drug-likeness (QED) is 0.669. The van der Waals surface area contributed by atoms with Crippen LogP contribution in [0.25, 0.3) is 0 Å². The number of amides is 4. The number of anilines is 1. The first kappa shape index (κ1) is 18.3. The molecule has 2 aliphatic heterocycles. The molecular weight excluding hydrogens is 378 g/mol. The van der Waals surface area contributed by atoms with Gasteiger partial charge in [0.2, 0.25) is 0 Å². The van der Waals surface area contributed by atoms with Crippen LogP contribution in [0.2, 0.25) is 0 Å². The summed E-state index contributed by atoms with van der Waals surface area (Å²) in [6, 6.07) is 3.31. The molecule has 0 bridgehead atoms. The van der Waals surface area contributed by atoms with E-state index in [0.29, 0.717) is 23.5 Å². The van der Waals surface area contributed by atoms with Crippen LogP contribution in [0.15, 0.2) is 18.2 Å². The number of urea groups is 1. The zero-order chi connectivity index (χ0) is 19.9. The Bertz CT molecular complexity index is 841. The molecule has 4 rings (SSSR count). The van der Waals surface area contributed by atoms with Crippen molar-refractivity contribution in [3.05, 3.63) is 18.2 Å². The van der Waals surface area contributed by atoms with Crippen molar-refractivity contribution >= 4 is 23.5 Å². The van der Waals surface area contributed by atoms with Crippen LogP contribution in [0, 0.1) is 0 Å². The van der Waals surface area contributed by atoms with E-state index in [0.717, 1.165) is 19.3 Å². The first-order valence-electron chi connectivity index (χ1n) is 8.88. The highest BCUT2D eigenvalue weighted by atomic mass is 19.3. The number of fused-ring (bicyclic) bond motifs is 1. The normalized spacial score (nSPS) is 21.6. The molecule has 0 aromatic heterocycles. The minimum Gasteiger partial charge on any atom is -0.395 e. The smallest absolute Gasteiger partial charge is 0.395 e. The first-order chi connectivity index (χ1) is 13.3. The third-order valence-electron chi connectivity index (χ3n) is 4.96. The summed E-state index contributed by atoms with van der Waals surface area (Å²) < 4.78 is 34.7. The number of carbonyl (C=O) groups excluding carboxylic acids is 3. The van der Waals surface area contributed by atoms with Crippen molar-refractivity contribution in [3.63, 3.8) is 0 Å². The minimum absolute atomic E-state index is 0.114. The third kappa shape index (κ3) is 3.27. The van der Waals surface area contributed by atoms with Crippen molar-refractivity contribution < 1.29 is 32.6 Å². The summed E-state index contributed by atoms with van der Waals surface area (Å²) in [7, 11) is 0. The molecule has 1 saturated carbocycles. The van der Waals surface area contributed by atoms with Crippen LogP contribution in [0.4, 0.5) is 19.3 Å². The number of nitrogens with one attached hydrogen (secondary N) is 3. The molecule has 9 nitrogen and oxygen atoms in total. The van der Waals surface area contributed by atoms with Gasteiger partial charge < -0.3 is 20.1 Å². The predicted octanol–water partition coefficient (Wildman–Crippen LogP) is 1.71. The van der Waals surface area contributed by atoms with Crippen molar-refractivity contribution in [2.24, 2.45) is 0 Å². The topological polar surface area (TPSA) is 109 Å². The van der Waals surface area contributed by atoms with Crippen molar-refractivity contribution in [2.75, 3.05) is 11.9 Å². The molecule has 3 N–H and O–H groups in total. The number of hydrogen-bond donors (Lipinski definition) is 3. The lowest BCUT2D eigenvalue weighted by molar-refractivity contribution is -0.286. The van der Waals surface area contributed by atoms with Crippen LogP contribution in [0.1, 0.15) is 32.1 Å². The lowest BCUT2D eigenvalue weighted by Gasteiger charge is -2.30. The fourth-order valence-electron chi connectivity index (χ4n) is 3.62. The van der Waals surface area contributed by atoms with Gasteiger partial charge in [-0.05, 0) is 25.0 Å².